The maximum Gasteiger partial charge on any atom is 0.270 e. The number of amides is 2. The Kier molecular flexibility index (Phi) is 5.66. The lowest BCUT2D eigenvalue weighted by Crippen LogP contribution is -2.56. The second kappa shape index (κ2) is 8.14. The topological polar surface area (TPSA) is 49.9 Å². The highest BCUT2D eigenvalue weighted by Gasteiger charge is 2.39. The van der Waals surface area contributed by atoms with Crippen LogP contribution in [0, 0.1) is 0 Å². The van der Waals surface area contributed by atoms with Gasteiger partial charge in [-0.15, -0.1) is 0 Å². The van der Waals surface area contributed by atoms with Crippen LogP contribution in [0.2, 0.25) is 0 Å². The highest BCUT2D eigenvalue weighted by Crippen LogP contribution is 2.28. The van der Waals surface area contributed by atoms with Crippen LogP contribution in [0.3, 0.4) is 0 Å². The molecule has 5 nitrogen and oxygen atoms in total. The van der Waals surface area contributed by atoms with Gasteiger partial charge in [0.1, 0.15) is 11.3 Å². The fourth-order valence-electron chi connectivity index (χ4n) is 2.94. The molecule has 1 aliphatic rings. The van der Waals surface area contributed by atoms with Gasteiger partial charge in [-0.2, -0.15) is 0 Å². The number of benzene rings is 2. The van der Waals surface area contributed by atoms with Crippen LogP contribution >= 0.6 is 12.2 Å². The Labute approximate surface area is 163 Å². The van der Waals surface area contributed by atoms with Crippen molar-refractivity contribution in [3.63, 3.8) is 0 Å². The van der Waals surface area contributed by atoms with Gasteiger partial charge in [0.2, 0.25) is 0 Å². The molecule has 2 aromatic carbocycles. The lowest BCUT2D eigenvalue weighted by molar-refractivity contribution is -0.127. The van der Waals surface area contributed by atoms with Gasteiger partial charge >= 0.3 is 0 Å². The number of hydrogen-bond donors (Lipinski definition) is 0. The van der Waals surface area contributed by atoms with Crippen molar-refractivity contribution in [3.05, 3.63) is 65.7 Å². The summed E-state index contributed by atoms with van der Waals surface area (Å²) < 4.78 is 5.34. The van der Waals surface area contributed by atoms with Crippen molar-refractivity contribution in [1.29, 1.82) is 0 Å². The van der Waals surface area contributed by atoms with E-state index in [1.807, 2.05) is 37.3 Å². The third-order valence-electron chi connectivity index (χ3n) is 4.23. The number of carbonyl (C=O) groups is 2. The fourth-order valence-corrected chi connectivity index (χ4v) is 3.30. The molecule has 0 radical (unpaired) electrons. The molecule has 1 saturated heterocycles. The first kappa shape index (κ1) is 18.8. The number of methoxy groups -OCH3 is 1. The quantitative estimate of drug-likeness (QED) is 0.451. The molecule has 6 heteroatoms. The smallest absolute Gasteiger partial charge is 0.270 e. The van der Waals surface area contributed by atoms with E-state index in [1.165, 1.54) is 9.80 Å². The highest BCUT2D eigenvalue weighted by molar-refractivity contribution is 7.80. The molecule has 0 atom stereocenters. The molecular formula is C21H20N2O3S. The van der Waals surface area contributed by atoms with E-state index in [2.05, 4.69) is 0 Å². The summed E-state index contributed by atoms with van der Waals surface area (Å²) in [7, 11) is 1.55. The van der Waals surface area contributed by atoms with Crippen LogP contribution in [0.25, 0.3) is 6.08 Å². The first-order valence-electron chi connectivity index (χ1n) is 8.68. The Balaban J connectivity index is 2.12. The van der Waals surface area contributed by atoms with E-state index in [-0.39, 0.29) is 16.6 Å². The van der Waals surface area contributed by atoms with Crippen LogP contribution in [0.1, 0.15) is 18.9 Å². The minimum atomic E-state index is -0.436. The number of hydrogen-bond acceptors (Lipinski definition) is 4. The fraction of sp³-hybridized carbons (Fsp3) is 0.190. The summed E-state index contributed by atoms with van der Waals surface area (Å²) in [5, 5.41) is 0.204. The van der Waals surface area contributed by atoms with Crippen molar-refractivity contribution in [3.8, 4) is 5.75 Å². The Hall–Kier alpha value is -2.99. The number of ether oxygens (including phenoxy) is 1. The maximum atomic E-state index is 13.2. The van der Waals surface area contributed by atoms with Gasteiger partial charge < -0.3 is 4.74 Å². The molecule has 27 heavy (non-hydrogen) atoms. The average Bonchev–Trinajstić information content (AvgIpc) is 2.69. The minimum Gasteiger partial charge on any atom is -0.496 e. The monoisotopic (exact) mass is 380 g/mol. The summed E-state index contributed by atoms with van der Waals surface area (Å²) in [5.74, 6) is -0.230. The lowest BCUT2D eigenvalue weighted by Gasteiger charge is -2.36. The van der Waals surface area contributed by atoms with Gasteiger partial charge in [0, 0.05) is 12.1 Å². The van der Waals surface area contributed by atoms with Crippen molar-refractivity contribution in [2.45, 2.75) is 13.3 Å². The Morgan fingerprint density at radius 2 is 1.67 bits per heavy atom. The zero-order chi connectivity index (χ0) is 19.4. The van der Waals surface area contributed by atoms with Gasteiger partial charge in [0.15, 0.2) is 5.11 Å². The number of anilines is 1. The molecule has 0 bridgehead atoms. The van der Waals surface area contributed by atoms with E-state index in [4.69, 9.17) is 17.0 Å². The molecule has 0 aromatic heterocycles. The summed E-state index contributed by atoms with van der Waals surface area (Å²) in [6.07, 6.45) is 2.30. The van der Waals surface area contributed by atoms with Crippen molar-refractivity contribution >= 4 is 40.9 Å². The lowest BCUT2D eigenvalue weighted by atomic mass is 10.0. The summed E-state index contributed by atoms with van der Waals surface area (Å²) in [5.41, 5.74) is 1.35. The van der Waals surface area contributed by atoms with Crippen LogP contribution in [-0.4, -0.2) is 35.5 Å². The number of nitrogens with zero attached hydrogens (tertiary/aromatic N) is 2. The molecule has 2 amide bonds. The summed E-state index contributed by atoms with van der Waals surface area (Å²) in [4.78, 5) is 29.1. The third-order valence-corrected chi connectivity index (χ3v) is 4.63. The SMILES string of the molecule is CCCN1C(=O)/C(=C\c2ccccc2OC)C(=O)N(c2ccccc2)C1=S. The first-order chi connectivity index (χ1) is 13.1. The van der Waals surface area contributed by atoms with Gasteiger partial charge in [-0.1, -0.05) is 43.3 Å². The molecule has 3 rings (SSSR count). The zero-order valence-corrected chi connectivity index (χ0v) is 16.0. The summed E-state index contributed by atoms with van der Waals surface area (Å²) >= 11 is 5.47. The molecule has 0 aliphatic carbocycles. The van der Waals surface area contributed by atoms with Crippen molar-refractivity contribution < 1.29 is 14.3 Å². The zero-order valence-electron chi connectivity index (χ0n) is 15.2. The Morgan fingerprint density at radius 1 is 1.00 bits per heavy atom. The van der Waals surface area contributed by atoms with Crippen molar-refractivity contribution in [2.24, 2.45) is 0 Å². The molecule has 0 N–H and O–H groups in total. The number of carbonyl (C=O) groups excluding carboxylic acids is 2. The van der Waals surface area contributed by atoms with E-state index in [0.717, 1.165) is 6.42 Å². The summed E-state index contributed by atoms with van der Waals surface area (Å²) in [6.45, 7) is 2.40. The number of thiocarbonyl (C=S) groups is 1. The maximum absolute atomic E-state index is 13.2. The Morgan fingerprint density at radius 3 is 2.33 bits per heavy atom. The average molecular weight is 380 g/mol. The standard InChI is InChI=1S/C21H20N2O3S/c1-3-13-22-19(24)17(14-15-9-7-8-12-18(15)26-2)20(25)23(21(22)27)16-10-5-4-6-11-16/h4-12,14H,3,13H2,1-2H3/b17-14+. The van der Waals surface area contributed by atoms with Crippen LogP contribution < -0.4 is 9.64 Å². The number of rotatable bonds is 5. The second-order valence-corrected chi connectivity index (χ2v) is 6.38. The molecule has 1 heterocycles. The van der Waals surface area contributed by atoms with E-state index in [0.29, 0.717) is 23.5 Å². The first-order valence-corrected chi connectivity index (χ1v) is 9.09. The predicted molar refractivity (Wildman–Crippen MR) is 110 cm³/mol. The van der Waals surface area contributed by atoms with E-state index >= 15 is 0 Å². The van der Waals surface area contributed by atoms with Gasteiger partial charge in [-0.25, -0.2) is 0 Å². The van der Waals surface area contributed by atoms with Crippen molar-refractivity contribution in [2.75, 3.05) is 18.6 Å². The van der Waals surface area contributed by atoms with E-state index in [9.17, 15) is 9.59 Å². The van der Waals surface area contributed by atoms with Gasteiger partial charge in [-0.05, 0) is 42.9 Å². The van der Waals surface area contributed by atoms with Gasteiger partial charge in [0.05, 0.1) is 12.8 Å². The molecule has 0 unspecified atom stereocenters. The molecule has 0 saturated carbocycles. The largest absolute Gasteiger partial charge is 0.496 e. The Bertz CT molecular complexity index is 909. The van der Waals surface area contributed by atoms with Crippen molar-refractivity contribution in [1.82, 2.24) is 4.90 Å². The minimum absolute atomic E-state index is 0.0606. The highest BCUT2D eigenvalue weighted by atomic mass is 32.1. The van der Waals surface area contributed by atoms with Crippen LogP contribution in [0.15, 0.2) is 60.2 Å². The van der Waals surface area contributed by atoms with E-state index in [1.54, 1.807) is 37.5 Å². The molecule has 138 valence electrons. The summed E-state index contributed by atoms with van der Waals surface area (Å²) in [6, 6.07) is 16.4. The van der Waals surface area contributed by atoms with Crippen LogP contribution in [-0.2, 0) is 9.59 Å². The molecule has 2 aromatic rings. The molecule has 0 spiro atoms. The molecule has 1 aliphatic heterocycles. The third kappa shape index (κ3) is 3.61. The molecular weight excluding hydrogens is 360 g/mol. The predicted octanol–water partition coefficient (Wildman–Crippen LogP) is 3.65. The van der Waals surface area contributed by atoms with Crippen LogP contribution in [0.5, 0.6) is 5.75 Å². The van der Waals surface area contributed by atoms with Crippen LogP contribution in [0.4, 0.5) is 5.69 Å². The number of para-hydroxylation sites is 2. The normalized spacial score (nSPS) is 16.2. The van der Waals surface area contributed by atoms with E-state index < -0.39 is 5.91 Å². The molecule has 1 fully saturated rings. The van der Waals surface area contributed by atoms with Gasteiger partial charge in [0.25, 0.3) is 11.8 Å². The second-order valence-electron chi connectivity index (χ2n) is 6.02. The van der Waals surface area contributed by atoms with Gasteiger partial charge in [-0.3, -0.25) is 19.4 Å².